The summed E-state index contributed by atoms with van der Waals surface area (Å²) in [6.07, 6.45) is 0. The van der Waals surface area contributed by atoms with E-state index >= 15 is 0 Å². The van der Waals surface area contributed by atoms with Crippen molar-refractivity contribution in [2.24, 2.45) is 0 Å². The maximum absolute atomic E-state index is 11.2. The fraction of sp³-hybridized carbons (Fsp3) is 0.625. The number of thioether (sulfide) groups is 1. The van der Waals surface area contributed by atoms with E-state index < -0.39 is 28.8 Å². The van der Waals surface area contributed by atoms with Crippen LogP contribution in [0.4, 0.5) is 0 Å². The van der Waals surface area contributed by atoms with E-state index in [1.54, 1.807) is 0 Å². The van der Waals surface area contributed by atoms with E-state index in [2.05, 4.69) is 0 Å². The molecule has 0 aromatic heterocycles. The van der Waals surface area contributed by atoms with E-state index in [4.69, 9.17) is 0 Å². The van der Waals surface area contributed by atoms with Crippen LogP contribution in [0, 0.1) is 0 Å². The first-order valence-electron chi connectivity index (χ1n) is 4.17. The molecule has 0 saturated carbocycles. The number of hydrogen-bond acceptors (Lipinski definition) is 6. The Morgan fingerprint density at radius 2 is 1.76 bits per heavy atom. The summed E-state index contributed by atoms with van der Waals surface area (Å²) >= 11 is 0.848. The molecule has 1 aliphatic rings. The van der Waals surface area contributed by atoms with E-state index in [0.29, 0.717) is 0 Å². The molecule has 1 amide bonds. The molecule has 1 fully saturated rings. The van der Waals surface area contributed by atoms with Gasteiger partial charge in [0.15, 0.2) is 0 Å². The monoisotopic (exact) mass is 445 g/mol. The maximum Gasteiger partial charge on any atom is 1.00 e. The van der Waals surface area contributed by atoms with Crippen molar-refractivity contribution in [1.29, 1.82) is 0 Å². The van der Waals surface area contributed by atoms with Crippen molar-refractivity contribution >= 4 is 29.6 Å². The van der Waals surface area contributed by atoms with Crippen LogP contribution in [0.5, 0.6) is 0 Å². The second-order valence-electron chi connectivity index (χ2n) is 3.31. The van der Waals surface area contributed by atoms with Gasteiger partial charge in [-0.15, -0.1) is 11.8 Å². The van der Waals surface area contributed by atoms with Crippen molar-refractivity contribution < 1.29 is 69.4 Å². The molecule has 0 aliphatic carbocycles. The minimum atomic E-state index is -1.63. The Bertz CT molecular complexity index is 340. The Kier molecular flexibility index (Phi) is 8.04. The normalized spacial score (nSPS) is 26.7. The molecule has 9 heteroatoms. The van der Waals surface area contributed by atoms with Gasteiger partial charge in [-0.1, -0.05) is 0 Å². The number of carboxylic acids is 2. The van der Waals surface area contributed by atoms with Crippen molar-refractivity contribution in [3.05, 3.63) is 0 Å². The Hall–Kier alpha value is 0.241. The summed E-state index contributed by atoms with van der Waals surface area (Å²) in [4.78, 5) is 31.9. The number of carboxylic acid groups (broad SMARTS) is 2. The SMILES string of the molecule is CC(=O)N1C(C(=O)[O-])CSC1(C)C(=O)[O-].[Ag+].[Ag+]. The average Bonchev–Trinajstić information content (AvgIpc) is 2.44. The van der Waals surface area contributed by atoms with E-state index in [0.717, 1.165) is 23.6 Å². The van der Waals surface area contributed by atoms with Gasteiger partial charge < -0.3 is 24.7 Å². The second-order valence-corrected chi connectivity index (χ2v) is 4.72. The van der Waals surface area contributed by atoms with Gasteiger partial charge in [-0.3, -0.25) is 4.79 Å². The van der Waals surface area contributed by atoms with Gasteiger partial charge >= 0.3 is 44.8 Å². The molecule has 2 atom stereocenters. The zero-order chi connectivity index (χ0) is 11.8. The van der Waals surface area contributed by atoms with E-state index in [-0.39, 0.29) is 50.5 Å². The van der Waals surface area contributed by atoms with Gasteiger partial charge in [-0.05, 0) is 6.92 Å². The molecule has 0 bridgehead atoms. The first kappa shape index (κ1) is 19.6. The molecule has 0 aromatic rings. The molecule has 17 heavy (non-hydrogen) atoms. The van der Waals surface area contributed by atoms with Crippen LogP contribution in [0.2, 0.25) is 0 Å². The van der Waals surface area contributed by atoms with Crippen molar-refractivity contribution in [2.45, 2.75) is 24.8 Å². The third-order valence-electron chi connectivity index (χ3n) is 2.28. The van der Waals surface area contributed by atoms with Gasteiger partial charge in [-0.25, -0.2) is 0 Å². The first-order valence-corrected chi connectivity index (χ1v) is 5.15. The van der Waals surface area contributed by atoms with Gasteiger partial charge in [0.25, 0.3) is 0 Å². The van der Waals surface area contributed by atoms with Gasteiger partial charge in [0.1, 0.15) is 4.87 Å². The number of hydrogen-bond donors (Lipinski definition) is 0. The average molecular weight is 447 g/mol. The summed E-state index contributed by atoms with van der Waals surface area (Å²) in [5.74, 6) is -3.57. The Balaban J connectivity index is 0. The standard InChI is InChI=1S/C8H11NO5S.2Ag/c1-4(10)9-5(6(11)12)3-15-8(9,2)7(13)14;;/h5H,3H2,1-2H3,(H,11,12)(H,13,14);;/q;2*+1/p-2. The Labute approximate surface area is 134 Å². The quantitative estimate of drug-likeness (QED) is 0.424. The minimum absolute atomic E-state index is 0. The molecule has 6 nitrogen and oxygen atoms in total. The molecule has 1 rings (SSSR count). The summed E-state index contributed by atoms with van der Waals surface area (Å²) in [6.45, 7) is 2.36. The van der Waals surface area contributed by atoms with Crippen LogP contribution in [0.15, 0.2) is 0 Å². The maximum atomic E-state index is 11.2. The predicted octanol–water partition coefficient (Wildman–Crippen LogP) is -2.84. The fourth-order valence-electron chi connectivity index (χ4n) is 1.53. The molecule has 0 radical (unpaired) electrons. The van der Waals surface area contributed by atoms with E-state index in [9.17, 15) is 24.6 Å². The molecule has 1 aliphatic heterocycles. The molecule has 0 spiro atoms. The molecule has 0 N–H and O–H groups in total. The van der Waals surface area contributed by atoms with Gasteiger partial charge in [0.2, 0.25) is 5.91 Å². The molecule has 2 unspecified atom stereocenters. The largest absolute Gasteiger partial charge is 1.00 e. The van der Waals surface area contributed by atoms with Crippen LogP contribution >= 0.6 is 11.8 Å². The second kappa shape index (κ2) is 6.98. The zero-order valence-electron chi connectivity index (χ0n) is 8.78. The van der Waals surface area contributed by atoms with Crippen LogP contribution < -0.4 is 10.2 Å². The third-order valence-corrected chi connectivity index (χ3v) is 3.69. The predicted molar refractivity (Wildman–Crippen MR) is 47.2 cm³/mol. The molecular formula is C8H9Ag2NO5S. The first-order chi connectivity index (χ1) is 6.80. The van der Waals surface area contributed by atoms with Crippen molar-refractivity contribution in [3.8, 4) is 0 Å². The van der Waals surface area contributed by atoms with E-state index in [1.807, 2.05) is 0 Å². The molecule has 1 saturated heterocycles. The minimum Gasteiger partial charge on any atom is -0.548 e. The topological polar surface area (TPSA) is 101 Å². The number of carbonyl (C=O) groups excluding carboxylic acids is 3. The molecule has 1 heterocycles. The number of aliphatic carboxylic acids is 2. The summed E-state index contributed by atoms with van der Waals surface area (Å²) in [7, 11) is 0. The Morgan fingerprint density at radius 1 is 1.29 bits per heavy atom. The van der Waals surface area contributed by atoms with Crippen LogP contribution in [0.25, 0.3) is 0 Å². The smallest absolute Gasteiger partial charge is 0.548 e. The number of amides is 1. The molecule has 0 aromatic carbocycles. The number of nitrogens with zero attached hydrogens (tertiary/aromatic N) is 1. The van der Waals surface area contributed by atoms with Crippen LogP contribution in [0.1, 0.15) is 13.8 Å². The molecule has 104 valence electrons. The third kappa shape index (κ3) is 3.60. The van der Waals surface area contributed by atoms with Crippen LogP contribution in [0.3, 0.4) is 0 Å². The fourth-order valence-corrected chi connectivity index (χ4v) is 2.81. The number of carbonyl (C=O) groups is 3. The number of rotatable bonds is 2. The van der Waals surface area contributed by atoms with Crippen LogP contribution in [-0.2, 0) is 59.1 Å². The van der Waals surface area contributed by atoms with Crippen LogP contribution in [-0.4, -0.2) is 39.4 Å². The van der Waals surface area contributed by atoms with Gasteiger partial charge in [0.05, 0.1) is 18.0 Å². The molecular weight excluding hydrogens is 438 g/mol. The van der Waals surface area contributed by atoms with Crippen molar-refractivity contribution in [2.75, 3.05) is 5.75 Å². The Morgan fingerprint density at radius 3 is 2.06 bits per heavy atom. The van der Waals surface area contributed by atoms with Gasteiger partial charge in [-0.2, -0.15) is 0 Å². The van der Waals surface area contributed by atoms with E-state index in [1.165, 1.54) is 6.92 Å². The van der Waals surface area contributed by atoms with Crippen molar-refractivity contribution in [3.63, 3.8) is 0 Å². The summed E-state index contributed by atoms with van der Waals surface area (Å²) in [5.41, 5.74) is 0. The summed E-state index contributed by atoms with van der Waals surface area (Å²) in [5, 5.41) is 21.6. The zero-order valence-corrected chi connectivity index (χ0v) is 12.6. The van der Waals surface area contributed by atoms with Crippen molar-refractivity contribution in [1.82, 2.24) is 4.90 Å². The summed E-state index contributed by atoms with van der Waals surface area (Å²) in [6, 6.07) is -1.21. The van der Waals surface area contributed by atoms with Gasteiger partial charge in [0, 0.05) is 12.7 Å². The summed E-state index contributed by atoms with van der Waals surface area (Å²) < 4.78 is 0.